The molecular formula is C14H24N2O3S. The fourth-order valence-electron chi connectivity index (χ4n) is 3.02. The lowest BCUT2D eigenvalue weighted by molar-refractivity contribution is -0.143. The van der Waals surface area contributed by atoms with Crippen molar-refractivity contribution in [3.63, 3.8) is 0 Å². The molecule has 4 atom stereocenters. The Hall–Kier alpha value is -0.910. The van der Waals surface area contributed by atoms with Crippen molar-refractivity contribution in [2.24, 2.45) is 5.92 Å². The largest absolute Gasteiger partial charge is 0.481 e. The summed E-state index contributed by atoms with van der Waals surface area (Å²) in [7, 11) is 0. The first-order valence-corrected chi connectivity index (χ1v) is 8.45. The highest BCUT2D eigenvalue weighted by atomic mass is 32.2. The minimum Gasteiger partial charge on any atom is -0.481 e. The molecule has 0 aromatic carbocycles. The second-order valence-electron chi connectivity index (χ2n) is 5.86. The van der Waals surface area contributed by atoms with E-state index in [1.807, 2.05) is 16.7 Å². The topological polar surface area (TPSA) is 69.6 Å². The molecule has 0 radical (unpaired) electrons. The number of hydrogen-bond acceptors (Lipinski definition) is 3. The molecule has 1 saturated carbocycles. The molecule has 2 rings (SSSR count). The molecule has 2 aliphatic rings. The van der Waals surface area contributed by atoms with Crippen LogP contribution in [0.3, 0.4) is 0 Å². The maximum absolute atomic E-state index is 12.4. The Morgan fingerprint density at radius 2 is 2.05 bits per heavy atom. The summed E-state index contributed by atoms with van der Waals surface area (Å²) in [5.74, 6) is -0.0657. The van der Waals surface area contributed by atoms with Gasteiger partial charge in [-0.2, -0.15) is 11.8 Å². The van der Waals surface area contributed by atoms with Crippen LogP contribution in [0.25, 0.3) is 0 Å². The van der Waals surface area contributed by atoms with Crippen LogP contribution in [0.5, 0.6) is 0 Å². The molecule has 5 nitrogen and oxygen atoms in total. The maximum Gasteiger partial charge on any atom is 0.317 e. The summed E-state index contributed by atoms with van der Waals surface area (Å²) in [6.07, 6.45) is 3.06. The summed E-state index contributed by atoms with van der Waals surface area (Å²) in [5.41, 5.74) is 0. The van der Waals surface area contributed by atoms with Crippen LogP contribution < -0.4 is 5.32 Å². The van der Waals surface area contributed by atoms with E-state index in [9.17, 15) is 9.59 Å². The molecule has 1 aliphatic heterocycles. The van der Waals surface area contributed by atoms with Crippen LogP contribution in [-0.2, 0) is 4.79 Å². The van der Waals surface area contributed by atoms with Crippen molar-refractivity contribution >= 4 is 23.8 Å². The number of carboxylic acids is 1. The van der Waals surface area contributed by atoms with Crippen LogP contribution in [0, 0.1) is 5.92 Å². The van der Waals surface area contributed by atoms with Gasteiger partial charge < -0.3 is 15.3 Å². The smallest absolute Gasteiger partial charge is 0.317 e. The van der Waals surface area contributed by atoms with Gasteiger partial charge in [0.05, 0.1) is 5.92 Å². The predicted octanol–water partition coefficient (Wildman–Crippen LogP) is 2.17. The third-order valence-electron chi connectivity index (χ3n) is 4.50. The van der Waals surface area contributed by atoms with Crippen molar-refractivity contribution in [2.75, 3.05) is 12.3 Å². The quantitative estimate of drug-likeness (QED) is 0.820. The van der Waals surface area contributed by atoms with Gasteiger partial charge in [0.15, 0.2) is 0 Å². The molecule has 2 amide bonds. The molecule has 114 valence electrons. The van der Waals surface area contributed by atoms with E-state index in [1.54, 1.807) is 0 Å². The van der Waals surface area contributed by atoms with Gasteiger partial charge in [-0.25, -0.2) is 4.79 Å². The van der Waals surface area contributed by atoms with Crippen molar-refractivity contribution in [3.8, 4) is 0 Å². The number of aliphatic carboxylic acids is 1. The Kier molecular flexibility index (Phi) is 5.18. The lowest BCUT2D eigenvalue weighted by atomic mass is 9.86. The Bertz CT molecular complexity index is 377. The van der Waals surface area contributed by atoms with Crippen molar-refractivity contribution in [3.05, 3.63) is 0 Å². The van der Waals surface area contributed by atoms with Crippen LogP contribution in [0.1, 0.15) is 39.5 Å². The summed E-state index contributed by atoms with van der Waals surface area (Å²) < 4.78 is 0. The Morgan fingerprint density at radius 1 is 1.30 bits per heavy atom. The molecule has 1 aliphatic carbocycles. The van der Waals surface area contributed by atoms with E-state index >= 15 is 0 Å². The number of hydrogen-bond donors (Lipinski definition) is 2. The number of carboxylic acid groups (broad SMARTS) is 1. The highest BCUT2D eigenvalue weighted by Gasteiger charge is 2.32. The number of nitrogens with zero attached hydrogens (tertiary/aromatic N) is 1. The SMILES string of the molecule is CC1SCCN(C(=O)NC2CCCC(C(=O)O)C2)C1C. The molecule has 4 unspecified atom stereocenters. The Balaban J connectivity index is 1.89. The third-order valence-corrected chi connectivity index (χ3v) is 5.83. The zero-order chi connectivity index (χ0) is 14.7. The monoisotopic (exact) mass is 300 g/mol. The van der Waals surface area contributed by atoms with Crippen LogP contribution in [0.2, 0.25) is 0 Å². The summed E-state index contributed by atoms with van der Waals surface area (Å²) in [6, 6.07) is 0.211. The first-order chi connectivity index (χ1) is 9.49. The minimum atomic E-state index is -0.736. The Morgan fingerprint density at radius 3 is 2.75 bits per heavy atom. The van der Waals surface area contributed by atoms with Crippen LogP contribution in [-0.4, -0.2) is 51.6 Å². The van der Waals surface area contributed by atoms with Crippen LogP contribution >= 0.6 is 11.8 Å². The van der Waals surface area contributed by atoms with Crippen LogP contribution in [0.15, 0.2) is 0 Å². The molecule has 6 heteroatoms. The molecule has 1 saturated heterocycles. The minimum absolute atomic E-state index is 0.00874. The van der Waals surface area contributed by atoms with Gasteiger partial charge in [0, 0.05) is 29.6 Å². The van der Waals surface area contributed by atoms with Crippen molar-refractivity contribution < 1.29 is 14.7 Å². The van der Waals surface area contributed by atoms with E-state index in [0.717, 1.165) is 31.6 Å². The number of urea groups is 1. The predicted molar refractivity (Wildman–Crippen MR) is 80.0 cm³/mol. The fourth-order valence-corrected chi connectivity index (χ4v) is 4.12. The van der Waals surface area contributed by atoms with E-state index in [1.165, 1.54) is 0 Å². The second kappa shape index (κ2) is 6.70. The molecule has 0 aromatic heterocycles. The van der Waals surface area contributed by atoms with Gasteiger partial charge in [-0.1, -0.05) is 13.3 Å². The van der Waals surface area contributed by atoms with Gasteiger partial charge in [-0.3, -0.25) is 4.79 Å². The van der Waals surface area contributed by atoms with E-state index in [2.05, 4.69) is 19.2 Å². The zero-order valence-electron chi connectivity index (χ0n) is 12.2. The lowest BCUT2D eigenvalue weighted by Crippen LogP contribution is -2.54. The normalized spacial score (nSPS) is 34.6. The number of carbonyl (C=O) groups excluding carboxylic acids is 1. The van der Waals surface area contributed by atoms with Gasteiger partial charge >= 0.3 is 12.0 Å². The standard InChI is InChI=1S/C14H24N2O3S/c1-9-10(2)20-7-6-16(9)14(19)15-12-5-3-4-11(8-12)13(17)18/h9-12H,3-8H2,1-2H3,(H,15,19)(H,17,18). The fraction of sp³-hybridized carbons (Fsp3) is 0.857. The van der Waals surface area contributed by atoms with E-state index in [-0.39, 0.29) is 24.0 Å². The van der Waals surface area contributed by atoms with E-state index in [4.69, 9.17) is 5.11 Å². The van der Waals surface area contributed by atoms with Crippen molar-refractivity contribution in [1.29, 1.82) is 0 Å². The maximum atomic E-state index is 12.4. The van der Waals surface area contributed by atoms with Gasteiger partial charge in [0.1, 0.15) is 0 Å². The molecule has 2 N–H and O–H groups in total. The van der Waals surface area contributed by atoms with Crippen LogP contribution in [0.4, 0.5) is 4.79 Å². The third kappa shape index (κ3) is 3.59. The number of amides is 2. The summed E-state index contributed by atoms with van der Waals surface area (Å²) in [6.45, 7) is 5.00. The molecular weight excluding hydrogens is 276 g/mol. The first kappa shape index (κ1) is 15.5. The molecule has 1 heterocycles. The highest BCUT2D eigenvalue weighted by molar-refractivity contribution is 8.00. The molecule has 2 fully saturated rings. The highest BCUT2D eigenvalue weighted by Crippen LogP contribution is 2.26. The van der Waals surface area contributed by atoms with Gasteiger partial charge in [-0.15, -0.1) is 0 Å². The summed E-state index contributed by atoms with van der Waals surface area (Å²) in [4.78, 5) is 25.3. The Labute approximate surface area is 124 Å². The van der Waals surface area contributed by atoms with E-state index < -0.39 is 5.97 Å². The number of thioether (sulfide) groups is 1. The molecule has 0 aromatic rings. The summed E-state index contributed by atoms with van der Waals surface area (Å²) >= 11 is 1.90. The zero-order valence-corrected chi connectivity index (χ0v) is 13.0. The first-order valence-electron chi connectivity index (χ1n) is 7.40. The van der Waals surface area contributed by atoms with Gasteiger partial charge in [0.2, 0.25) is 0 Å². The summed E-state index contributed by atoms with van der Waals surface area (Å²) in [5, 5.41) is 12.6. The average molecular weight is 300 g/mol. The number of nitrogens with one attached hydrogen (secondary N) is 1. The molecule has 0 bridgehead atoms. The lowest BCUT2D eigenvalue weighted by Gasteiger charge is -2.39. The number of rotatable bonds is 2. The molecule has 0 spiro atoms. The average Bonchev–Trinajstić information content (AvgIpc) is 2.42. The van der Waals surface area contributed by atoms with Crippen molar-refractivity contribution in [1.82, 2.24) is 10.2 Å². The molecule has 20 heavy (non-hydrogen) atoms. The van der Waals surface area contributed by atoms with Crippen molar-refractivity contribution in [2.45, 2.75) is 56.9 Å². The second-order valence-corrected chi connectivity index (χ2v) is 7.34. The van der Waals surface area contributed by atoms with Gasteiger partial charge in [0.25, 0.3) is 0 Å². The number of carbonyl (C=O) groups is 2. The van der Waals surface area contributed by atoms with E-state index in [0.29, 0.717) is 11.7 Å². The van der Waals surface area contributed by atoms with Gasteiger partial charge in [-0.05, 0) is 26.2 Å².